The van der Waals surface area contributed by atoms with Crippen molar-refractivity contribution in [3.63, 3.8) is 0 Å². The molecular weight excluding hydrogens is 438 g/mol. The Hall–Kier alpha value is -1.19. The van der Waals surface area contributed by atoms with Crippen molar-refractivity contribution in [2.75, 3.05) is 6.61 Å². The Bertz CT molecular complexity index is 1020. The van der Waals surface area contributed by atoms with E-state index in [1.165, 1.54) is 0 Å². The number of aromatic nitrogens is 2. The average molecular weight is 480 g/mol. The van der Waals surface area contributed by atoms with Crippen LogP contribution in [0.4, 0.5) is 0 Å². The standard InChI is InChI=1S/C24H41N3O3SSi/c1-12-20-25-21-17(13-16(2)14-18(21)22(28)27(20)9)19(26-31(29)23(3,4)5)15-30-32(10,11)24(6,7)8/h13-14,19,26H,12,15H2,1-11H3/t19?,31-/m1/s1. The summed E-state index contributed by atoms with van der Waals surface area (Å²) in [6, 6.07) is 3.58. The van der Waals surface area contributed by atoms with Crippen LogP contribution in [0.2, 0.25) is 18.1 Å². The highest BCUT2D eigenvalue weighted by atomic mass is 32.2. The molecule has 8 heteroatoms. The van der Waals surface area contributed by atoms with Crippen molar-refractivity contribution >= 4 is 30.6 Å². The summed E-state index contributed by atoms with van der Waals surface area (Å²) in [5, 5.41) is 0.638. The molecule has 2 atom stereocenters. The van der Waals surface area contributed by atoms with E-state index < -0.39 is 24.4 Å². The first-order valence-electron chi connectivity index (χ1n) is 11.3. The average Bonchev–Trinajstić information content (AvgIpc) is 2.65. The summed E-state index contributed by atoms with van der Waals surface area (Å²) in [6.07, 6.45) is 0.654. The molecule has 1 N–H and O–H groups in total. The summed E-state index contributed by atoms with van der Waals surface area (Å²) in [5.41, 5.74) is 2.44. The maximum absolute atomic E-state index is 13.1. The molecule has 180 valence electrons. The topological polar surface area (TPSA) is 79.2 Å². The highest BCUT2D eigenvalue weighted by Gasteiger charge is 2.39. The van der Waals surface area contributed by atoms with E-state index in [4.69, 9.17) is 9.41 Å². The molecule has 2 aromatic rings. The van der Waals surface area contributed by atoms with Crippen molar-refractivity contribution in [2.24, 2.45) is 7.05 Å². The Morgan fingerprint density at radius 1 is 1.22 bits per heavy atom. The number of aryl methyl sites for hydroxylation is 2. The lowest BCUT2D eigenvalue weighted by Gasteiger charge is -2.38. The molecule has 0 aliphatic heterocycles. The van der Waals surface area contributed by atoms with Crippen LogP contribution in [-0.2, 0) is 29.3 Å². The van der Waals surface area contributed by atoms with Gasteiger partial charge in [0.05, 0.1) is 17.5 Å². The van der Waals surface area contributed by atoms with Crippen molar-refractivity contribution in [3.8, 4) is 0 Å². The zero-order valence-electron chi connectivity index (χ0n) is 21.7. The third kappa shape index (κ3) is 5.83. The molecule has 0 saturated heterocycles. The zero-order valence-corrected chi connectivity index (χ0v) is 23.5. The van der Waals surface area contributed by atoms with Crippen LogP contribution in [0.25, 0.3) is 10.9 Å². The van der Waals surface area contributed by atoms with Crippen molar-refractivity contribution < 1.29 is 8.98 Å². The summed E-state index contributed by atoms with van der Waals surface area (Å²) in [7, 11) is -0.277. The third-order valence-electron chi connectivity index (χ3n) is 6.36. The van der Waals surface area contributed by atoms with Gasteiger partial charge >= 0.3 is 0 Å². The molecule has 0 aliphatic carbocycles. The maximum Gasteiger partial charge on any atom is 0.261 e. The SMILES string of the molecule is CCc1nc2c(C(CO[Si](C)(C)C(C)(C)C)N[S@+]([O-])C(C)(C)C)cc(C)cc2c(=O)n1C. The number of benzene rings is 1. The van der Waals surface area contributed by atoms with Crippen molar-refractivity contribution in [1.29, 1.82) is 0 Å². The van der Waals surface area contributed by atoms with Gasteiger partial charge in [-0.25, -0.2) is 4.98 Å². The molecule has 1 aromatic heterocycles. The first-order valence-corrected chi connectivity index (χ1v) is 15.4. The number of fused-ring (bicyclic) bond motifs is 1. The van der Waals surface area contributed by atoms with Crippen molar-refractivity contribution in [2.45, 2.75) is 90.7 Å². The summed E-state index contributed by atoms with van der Waals surface area (Å²) < 4.78 is 24.1. The Morgan fingerprint density at radius 3 is 2.31 bits per heavy atom. The van der Waals surface area contributed by atoms with Crippen LogP contribution in [0.5, 0.6) is 0 Å². The van der Waals surface area contributed by atoms with Gasteiger partial charge in [0.25, 0.3) is 5.56 Å². The first-order chi connectivity index (χ1) is 14.5. The number of nitrogens with one attached hydrogen (secondary N) is 1. The second kappa shape index (κ2) is 9.58. The Morgan fingerprint density at radius 2 is 1.81 bits per heavy atom. The fourth-order valence-corrected chi connectivity index (χ4v) is 5.00. The van der Waals surface area contributed by atoms with Gasteiger partial charge < -0.3 is 8.98 Å². The first kappa shape index (κ1) is 27.1. The van der Waals surface area contributed by atoms with Gasteiger partial charge in [-0.3, -0.25) is 9.36 Å². The molecule has 1 heterocycles. The third-order valence-corrected chi connectivity index (χ3v) is 12.5. The monoisotopic (exact) mass is 479 g/mol. The lowest BCUT2D eigenvalue weighted by atomic mass is 10.0. The molecule has 0 fully saturated rings. The van der Waals surface area contributed by atoms with Gasteiger partial charge in [-0.2, -0.15) is 0 Å². The minimum Gasteiger partial charge on any atom is -0.598 e. The predicted molar refractivity (Wildman–Crippen MR) is 138 cm³/mol. The fourth-order valence-electron chi connectivity index (χ4n) is 3.18. The molecule has 1 unspecified atom stereocenters. The Balaban J connectivity index is 2.66. The van der Waals surface area contributed by atoms with E-state index >= 15 is 0 Å². The number of hydrogen-bond acceptors (Lipinski definition) is 5. The normalized spacial score (nSPS) is 15.2. The summed E-state index contributed by atoms with van der Waals surface area (Å²) in [6.45, 7) is 21.2. The molecular formula is C24H41N3O3SSi. The molecule has 32 heavy (non-hydrogen) atoms. The molecule has 0 aliphatic rings. The van der Waals surface area contributed by atoms with Gasteiger partial charge in [0.2, 0.25) is 0 Å². The molecule has 2 rings (SSSR count). The molecule has 1 aromatic carbocycles. The molecule has 0 amide bonds. The van der Waals surface area contributed by atoms with Crippen molar-refractivity contribution in [1.82, 2.24) is 14.3 Å². The highest BCUT2D eigenvalue weighted by molar-refractivity contribution is 7.90. The van der Waals surface area contributed by atoms with Crippen LogP contribution in [0.1, 0.15) is 71.5 Å². The highest BCUT2D eigenvalue weighted by Crippen LogP contribution is 2.37. The van der Waals surface area contributed by atoms with Gasteiger partial charge in [0, 0.05) is 30.4 Å². The molecule has 0 bridgehead atoms. The summed E-state index contributed by atoms with van der Waals surface area (Å²) >= 11 is -1.31. The second-order valence-corrected chi connectivity index (χ2v) is 17.9. The second-order valence-electron chi connectivity index (χ2n) is 11.1. The van der Waals surface area contributed by atoms with Crippen LogP contribution in [0.15, 0.2) is 16.9 Å². The molecule has 0 saturated carbocycles. The van der Waals surface area contributed by atoms with E-state index in [-0.39, 0.29) is 16.6 Å². The smallest absolute Gasteiger partial charge is 0.261 e. The van der Waals surface area contributed by atoms with Gasteiger partial charge in [-0.15, -0.1) is 4.72 Å². The molecule has 6 nitrogen and oxygen atoms in total. The summed E-state index contributed by atoms with van der Waals surface area (Å²) in [4.78, 5) is 17.9. The van der Waals surface area contributed by atoms with Crippen LogP contribution >= 0.6 is 0 Å². The Labute approximate surface area is 197 Å². The van der Waals surface area contributed by atoms with E-state index in [2.05, 4.69) is 38.6 Å². The minimum absolute atomic E-state index is 0.0545. The van der Waals surface area contributed by atoms with Gasteiger partial charge in [0.15, 0.2) is 8.32 Å². The van der Waals surface area contributed by atoms with E-state index in [0.717, 1.165) is 17.0 Å². The lowest BCUT2D eigenvalue weighted by molar-refractivity contribution is 0.256. The predicted octanol–water partition coefficient (Wildman–Crippen LogP) is 4.92. The number of hydrogen-bond donors (Lipinski definition) is 1. The van der Waals surface area contributed by atoms with E-state index in [9.17, 15) is 9.35 Å². The maximum atomic E-state index is 13.1. The van der Waals surface area contributed by atoms with Crippen LogP contribution in [0, 0.1) is 6.92 Å². The summed E-state index contributed by atoms with van der Waals surface area (Å²) in [5.74, 6) is 0.730. The quantitative estimate of drug-likeness (QED) is 0.450. The largest absolute Gasteiger partial charge is 0.598 e. The van der Waals surface area contributed by atoms with Gasteiger partial charge in [0.1, 0.15) is 16.6 Å². The van der Waals surface area contributed by atoms with Gasteiger partial charge in [-0.1, -0.05) is 33.8 Å². The molecule has 0 radical (unpaired) electrons. The lowest BCUT2D eigenvalue weighted by Crippen LogP contribution is -2.46. The minimum atomic E-state index is -2.04. The molecule has 0 spiro atoms. The fraction of sp³-hybridized carbons (Fsp3) is 0.667. The van der Waals surface area contributed by atoms with E-state index in [1.807, 2.05) is 46.8 Å². The van der Waals surface area contributed by atoms with E-state index in [0.29, 0.717) is 23.9 Å². The van der Waals surface area contributed by atoms with Crippen LogP contribution in [-0.4, -0.2) is 33.8 Å². The van der Waals surface area contributed by atoms with Gasteiger partial charge in [-0.05, 0) is 57.5 Å². The van der Waals surface area contributed by atoms with Crippen LogP contribution in [0.3, 0.4) is 0 Å². The van der Waals surface area contributed by atoms with Crippen molar-refractivity contribution in [3.05, 3.63) is 39.4 Å². The van der Waals surface area contributed by atoms with Crippen LogP contribution < -0.4 is 10.3 Å². The number of rotatable bonds is 7. The zero-order chi connectivity index (χ0) is 24.6. The van der Waals surface area contributed by atoms with E-state index in [1.54, 1.807) is 11.6 Å². The Kier molecular flexibility index (Phi) is 8.10. The number of nitrogens with zero attached hydrogens (tertiary/aromatic N) is 2.